The third kappa shape index (κ3) is 5.75. The Kier molecular flexibility index (Phi) is 8.06. The second-order valence-corrected chi connectivity index (χ2v) is 5.27. The number of aliphatic hydroxyl groups excluding tert-OH is 3. The lowest BCUT2D eigenvalue weighted by atomic mass is 10.1. The summed E-state index contributed by atoms with van der Waals surface area (Å²) < 4.78 is 10.0. The number of carbonyl (C=O) groups excluding carboxylic acids is 1. The van der Waals surface area contributed by atoms with Crippen LogP contribution < -0.4 is 0 Å². The van der Waals surface area contributed by atoms with Crippen molar-refractivity contribution in [3.8, 4) is 0 Å². The summed E-state index contributed by atoms with van der Waals surface area (Å²) in [6.45, 7) is 1.89. The van der Waals surface area contributed by atoms with E-state index in [2.05, 4.69) is 6.92 Å². The van der Waals surface area contributed by atoms with Crippen molar-refractivity contribution >= 4 is 5.97 Å². The van der Waals surface area contributed by atoms with Gasteiger partial charge in [-0.1, -0.05) is 32.6 Å². The molecule has 4 atom stereocenters. The topological polar surface area (TPSA) is 96.2 Å². The standard InChI is InChI=1S/C14H26O6/c1-2-3-4-5-6-7-12(17)19-9-11(16)14-13(18)10(15)8-20-14/h10-11,13-16,18H,2-9H2,1H3. The molecule has 0 aliphatic carbocycles. The Morgan fingerprint density at radius 3 is 2.60 bits per heavy atom. The highest BCUT2D eigenvalue weighted by Crippen LogP contribution is 2.18. The first-order valence-electron chi connectivity index (χ1n) is 7.37. The summed E-state index contributed by atoms with van der Waals surface area (Å²) in [6, 6.07) is 0. The number of rotatable bonds is 9. The zero-order valence-corrected chi connectivity index (χ0v) is 12.0. The maximum absolute atomic E-state index is 11.5. The van der Waals surface area contributed by atoms with E-state index in [1.165, 1.54) is 6.42 Å². The molecule has 1 saturated heterocycles. The molecule has 1 fully saturated rings. The second-order valence-electron chi connectivity index (χ2n) is 5.27. The number of esters is 1. The van der Waals surface area contributed by atoms with Gasteiger partial charge in [-0.2, -0.15) is 0 Å². The molecule has 1 rings (SSSR count). The number of hydrogen-bond acceptors (Lipinski definition) is 6. The first-order chi connectivity index (χ1) is 9.56. The summed E-state index contributed by atoms with van der Waals surface area (Å²) in [5.41, 5.74) is 0. The van der Waals surface area contributed by atoms with Crippen molar-refractivity contribution in [2.45, 2.75) is 69.9 Å². The molecule has 6 nitrogen and oxygen atoms in total. The zero-order chi connectivity index (χ0) is 15.0. The number of carbonyl (C=O) groups is 1. The normalized spacial score (nSPS) is 27.5. The van der Waals surface area contributed by atoms with Crippen molar-refractivity contribution < 1.29 is 29.6 Å². The quantitative estimate of drug-likeness (QED) is 0.419. The largest absolute Gasteiger partial charge is 0.463 e. The van der Waals surface area contributed by atoms with Crippen LogP contribution in [0, 0.1) is 0 Å². The molecule has 0 aromatic carbocycles. The van der Waals surface area contributed by atoms with Gasteiger partial charge in [-0.25, -0.2) is 0 Å². The van der Waals surface area contributed by atoms with Gasteiger partial charge in [-0.15, -0.1) is 0 Å². The van der Waals surface area contributed by atoms with Gasteiger partial charge in [0.05, 0.1) is 6.61 Å². The maximum atomic E-state index is 11.5. The maximum Gasteiger partial charge on any atom is 0.305 e. The molecule has 6 heteroatoms. The molecule has 0 aromatic rings. The van der Waals surface area contributed by atoms with Crippen LogP contribution in [0.15, 0.2) is 0 Å². The van der Waals surface area contributed by atoms with Gasteiger partial charge in [-0.3, -0.25) is 4.79 Å². The molecular formula is C14H26O6. The summed E-state index contributed by atoms with van der Waals surface area (Å²) in [4.78, 5) is 11.5. The summed E-state index contributed by atoms with van der Waals surface area (Å²) in [5, 5.41) is 28.6. The van der Waals surface area contributed by atoms with Gasteiger partial charge >= 0.3 is 5.97 Å². The average Bonchev–Trinajstić information content (AvgIpc) is 2.76. The number of ether oxygens (including phenoxy) is 2. The molecule has 118 valence electrons. The smallest absolute Gasteiger partial charge is 0.305 e. The third-order valence-corrected chi connectivity index (χ3v) is 3.47. The van der Waals surface area contributed by atoms with Crippen molar-refractivity contribution in [3.05, 3.63) is 0 Å². The van der Waals surface area contributed by atoms with Gasteiger partial charge < -0.3 is 24.8 Å². The van der Waals surface area contributed by atoms with E-state index >= 15 is 0 Å². The summed E-state index contributed by atoms with van der Waals surface area (Å²) in [5.74, 6) is -0.353. The number of aliphatic hydroxyl groups is 3. The van der Waals surface area contributed by atoms with Crippen LogP contribution in [0.25, 0.3) is 0 Å². The van der Waals surface area contributed by atoms with Crippen LogP contribution in [-0.2, 0) is 14.3 Å². The Morgan fingerprint density at radius 1 is 1.30 bits per heavy atom. The molecule has 1 heterocycles. The van der Waals surface area contributed by atoms with E-state index in [0.29, 0.717) is 6.42 Å². The molecule has 0 radical (unpaired) electrons. The number of unbranched alkanes of at least 4 members (excludes halogenated alkanes) is 4. The van der Waals surface area contributed by atoms with Gasteiger partial charge in [0.2, 0.25) is 0 Å². The Balaban J connectivity index is 2.11. The minimum absolute atomic E-state index is 0.0196. The van der Waals surface area contributed by atoms with E-state index in [1.807, 2.05) is 0 Å². The Bertz CT molecular complexity index is 283. The minimum atomic E-state index is -1.14. The third-order valence-electron chi connectivity index (χ3n) is 3.47. The van der Waals surface area contributed by atoms with Crippen LogP contribution in [0.5, 0.6) is 0 Å². The van der Waals surface area contributed by atoms with E-state index in [1.54, 1.807) is 0 Å². The lowest BCUT2D eigenvalue weighted by Gasteiger charge is -2.20. The van der Waals surface area contributed by atoms with Crippen LogP contribution in [0.4, 0.5) is 0 Å². The van der Waals surface area contributed by atoms with Crippen molar-refractivity contribution in [2.75, 3.05) is 13.2 Å². The van der Waals surface area contributed by atoms with E-state index in [-0.39, 0.29) is 19.2 Å². The number of hydrogen-bond donors (Lipinski definition) is 3. The van der Waals surface area contributed by atoms with Gasteiger partial charge in [0.1, 0.15) is 31.0 Å². The van der Waals surface area contributed by atoms with E-state index in [0.717, 1.165) is 25.7 Å². The predicted molar refractivity (Wildman–Crippen MR) is 72.1 cm³/mol. The molecule has 4 unspecified atom stereocenters. The van der Waals surface area contributed by atoms with Crippen LogP contribution in [0.2, 0.25) is 0 Å². The molecule has 3 N–H and O–H groups in total. The second kappa shape index (κ2) is 9.28. The average molecular weight is 290 g/mol. The van der Waals surface area contributed by atoms with Gasteiger partial charge in [-0.05, 0) is 6.42 Å². The molecular weight excluding hydrogens is 264 g/mol. The molecule has 0 bridgehead atoms. The highest BCUT2D eigenvalue weighted by atomic mass is 16.6. The van der Waals surface area contributed by atoms with Crippen molar-refractivity contribution in [1.82, 2.24) is 0 Å². The zero-order valence-electron chi connectivity index (χ0n) is 12.0. The van der Waals surface area contributed by atoms with E-state index < -0.39 is 24.4 Å². The Hall–Kier alpha value is -0.690. The van der Waals surface area contributed by atoms with Gasteiger partial charge in [0, 0.05) is 6.42 Å². The molecule has 0 saturated carbocycles. The van der Waals surface area contributed by atoms with Crippen molar-refractivity contribution in [1.29, 1.82) is 0 Å². The van der Waals surface area contributed by atoms with Crippen LogP contribution in [0.3, 0.4) is 0 Å². The molecule has 0 amide bonds. The van der Waals surface area contributed by atoms with Crippen molar-refractivity contribution in [2.24, 2.45) is 0 Å². The summed E-state index contributed by atoms with van der Waals surface area (Å²) in [6.07, 6.45) is 1.42. The van der Waals surface area contributed by atoms with Crippen LogP contribution >= 0.6 is 0 Å². The first-order valence-corrected chi connectivity index (χ1v) is 7.37. The predicted octanol–water partition coefficient (Wildman–Crippen LogP) is 0.372. The van der Waals surface area contributed by atoms with Crippen molar-refractivity contribution in [3.63, 3.8) is 0 Å². The van der Waals surface area contributed by atoms with Gasteiger partial charge in [0.15, 0.2) is 0 Å². The molecule has 0 aromatic heterocycles. The lowest BCUT2D eigenvalue weighted by Crippen LogP contribution is -2.41. The van der Waals surface area contributed by atoms with Crippen LogP contribution in [-0.4, -0.2) is 58.9 Å². The SMILES string of the molecule is CCCCCCCC(=O)OCC(O)C1OCC(O)C1O. The minimum Gasteiger partial charge on any atom is -0.463 e. The molecule has 20 heavy (non-hydrogen) atoms. The fraction of sp³-hybridized carbons (Fsp3) is 0.929. The molecule has 0 spiro atoms. The fourth-order valence-corrected chi connectivity index (χ4v) is 2.18. The monoisotopic (exact) mass is 290 g/mol. The lowest BCUT2D eigenvalue weighted by molar-refractivity contribution is -0.151. The first kappa shape index (κ1) is 17.4. The molecule has 1 aliphatic rings. The van der Waals surface area contributed by atoms with Crippen LogP contribution in [0.1, 0.15) is 45.4 Å². The highest BCUT2D eigenvalue weighted by molar-refractivity contribution is 5.69. The summed E-state index contributed by atoms with van der Waals surface area (Å²) in [7, 11) is 0. The Morgan fingerprint density at radius 2 is 2.00 bits per heavy atom. The van der Waals surface area contributed by atoms with E-state index in [4.69, 9.17) is 9.47 Å². The van der Waals surface area contributed by atoms with E-state index in [9.17, 15) is 20.1 Å². The summed E-state index contributed by atoms with van der Waals surface area (Å²) >= 11 is 0. The van der Waals surface area contributed by atoms with Gasteiger partial charge in [0.25, 0.3) is 0 Å². The fourth-order valence-electron chi connectivity index (χ4n) is 2.18. The Labute approximate surface area is 119 Å². The molecule has 1 aliphatic heterocycles. The highest BCUT2D eigenvalue weighted by Gasteiger charge is 2.39.